The van der Waals surface area contributed by atoms with Crippen molar-refractivity contribution in [1.29, 1.82) is 0 Å². The number of aryl methyl sites for hydroxylation is 1. The van der Waals surface area contributed by atoms with E-state index in [1.54, 1.807) is 6.20 Å². The first kappa shape index (κ1) is 13.8. The van der Waals surface area contributed by atoms with Gasteiger partial charge >= 0.3 is 0 Å². The molecule has 0 bridgehead atoms. The Kier molecular flexibility index (Phi) is 4.14. The van der Waals surface area contributed by atoms with Crippen molar-refractivity contribution in [3.63, 3.8) is 0 Å². The van der Waals surface area contributed by atoms with Crippen molar-refractivity contribution in [2.45, 2.75) is 13.8 Å². The Labute approximate surface area is 117 Å². The van der Waals surface area contributed by atoms with Gasteiger partial charge in [0.2, 0.25) is 0 Å². The maximum Gasteiger partial charge on any atom is 0.190 e. The lowest BCUT2D eigenvalue weighted by Crippen LogP contribution is -2.20. The number of benzene rings is 1. The van der Waals surface area contributed by atoms with Crippen LogP contribution in [0.3, 0.4) is 0 Å². The largest absolute Gasteiger partial charge is 0.409 e. The SMILES string of the molecule is CCN(c1cccc(C)c1)c1cnc(C(N)=NO)cn1. The number of amidine groups is 1. The molecule has 6 heteroatoms. The van der Waals surface area contributed by atoms with Gasteiger partial charge in [0.25, 0.3) is 0 Å². The molecule has 104 valence electrons. The summed E-state index contributed by atoms with van der Waals surface area (Å²) in [5.74, 6) is 0.662. The molecule has 0 atom stereocenters. The first-order chi connectivity index (χ1) is 9.65. The van der Waals surface area contributed by atoms with Gasteiger partial charge in [0, 0.05) is 12.2 Å². The Hall–Kier alpha value is -2.63. The predicted octanol–water partition coefficient (Wildman–Crippen LogP) is 2.04. The molecule has 2 aromatic rings. The zero-order valence-corrected chi connectivity index (χ0v) is 11.5. The molecular formula is C14H17N5O. The quantitative estimate of drug-likeness (QED) is 0.384. The van der Waals surface area contributed by atoms with Crippen LogP contribution in [0.25, 0.3) is 0 Å². The fraction of sp³-hybridized carbons (Fsp3) is 0.214. The van der Waals surface area contributed by atoms with E-state index < -0.39 is 0 Å². The maximum absolute atomic E-state index is 8.61. The van der Waals surface area contributed by atoms with Gasteiger partial charge in [-0.25, -0.2) is 9.97 Å². The third-order valence-electron chi connectivity index (χ3n) is 2.91. The first-order valence-corrected chi connectivity index (χ1v) is 6.30. The average molecular weight is 271 g/mol. The highest BCUT2D eigenvalue weighted by Gasteiger charge is 2.10. The summed E-state index contributed by atoms with van der Waals surface area (Å²) < 4.78 is 0. The molecule has 0 fully saturated rings. The third kappa shape index (κ3) is 2.85. The van der Waals surface area contributed by atoms with Crippen molar-refractivity contribution >= 4 is 17.3 Å². The van der Waals surface area contributed by atoms with Gasteiger partial charge in [0.1, 0.15) is 5.69 Å². The number of hydrogen-bond acceptors (Lipinski definition) is 5. The summed E-state index contributed by atoms with van der Waals surface area (Å²) in [5.41, 5.74) is 8.05. The Balaban J connectivity index is 2.33. The minimum Gasteiger partial charge on any atom is -0.409 e. The minimum atomic E-state index is -0.0531. The lowest BCUT2D eigenvalue weighted by atomic mass is 10.2. The van der Waals surface area contributed by atoms with E-state index in [4.69, 9.17) is 10.9 Å². The lowest BCUT2D eigenvalue weighted by molar-refractivity contribution is 0.318. The van der Waals surface area contributed by atoms with E-state index in [-0.39, 0.29) is 5.84 Å². The number of nitrogens with zero attached hydrogens (tertiary/aromatic N) is 4. The second-order valence-corrected chi connectivity index (χ2v) is 4.33. The van der Waals surface area contributed by atoms with Gasteiger partial charge in [0.15, 0.2) is 11.7 Å². The maximum atomic E-state index is 8.61. The number of oxime groups is 1. The predicted molar refractivity (Wildman–Crippen MR) is 78.4 cm³/mol. The van der Waals surface area contributed by atoms with Crippen molar-refractivity contribution in [1.82, 2.24) is 9.97 Å². The molecular weight excluding hydrogens is 254 g/mol. The molecule has 0 saturated carbocycles. The molecule has 2 rings (SSSR count). The molecule has 0 aliphatic rings. The summed E-state index contributed by atoms with van der Waals surface area (Å²) in [5, 5.41) is 11.5. The monoisotopic (exact) mass is 271 g/mol. The number of hydrogen-bond donors (Lipinski definition) is 2. The third-order valence-corrected chi connectivity index (χ3v) is 2.91. The van der Waals surface area contributed by atoms with E-state index in [2.05, 4.69) is 21.2 Å². The van der Waals surface area contributed by atoms with Crippen LogP contribution in [0.15, 0.2) is 41.8 Å². The zero-order valence-electron chi connectivity index (χ0n) is 11.5. The van der Waals surface area contributed by atoms with Crippen molar-refractivity contribution in [2.75, 3.05) is 11.4 Å². The van der Waals surface area contributed by atoms with Gasteiger partial charge in [-0.1, -0.05) is 17.3 Å². The summed E-state index contributed by atoms with van der Waals surface area (Å²) >= 11 is 0. The number of anilines is 2. The van der Waals surface area contributed by atoms with Crippen LogP contribution in [0.2, 0.25) is 0 Å². The molecule has 1 aromatic carbocycles. The van der Waals surface area contributed by atoms with Crippen LogP contribution in [-0.4, -0.2) is 27.6 Å². The fourth-order valence-electron chi connectivity index (χ4n) is 1.92. The molecule has 0 aliphatic heterocycles. The average Bonchev–Trinajstić information content (AvgIpc) is 2.48. The molecule has 1 heterocycles. The summed E-state index contributed by atoms with van der Waals surface area (Å²) in [7, 11) is 0. The summed E-state index contributed by atoms with van der Waals surface area (Å²) in [6.07, 6.45) is 3.10. The Morgan fingerprint density at radius 1 is 1.35 bits per heavy atom. The lowest BCUT2D eigenvalue weighted by Gasteiger charge is -2.22. The van der Waals surface area contributed by atoms with Gasteiger partial charge in [-0.2, -0.15) is 0 Å². The standard InChI is InChI=1S/C14H17N5O/c1-3-19(11-6-4-5-10(2)7-11)13-9-16-12(8-17-13)14(15)18-20/h4-9,20H,3H2,1-2H3,(H2,15,18). The molecule has 0 unspecified atom stereocenters. The molecule has 20 heavy (non-hydrogen) atoms. The second kappa shape index (κ2) is 6.01. The zero-order chi connectivity index (χ0) is 14.5. The van der Waals surface area contributed by atoms with E-state index >= 15 is 0 Å². The molecule has 1 aromatic heterocycles. The van der Waals surface area contributed by atoms with E-state index in [9.17, 15) is 0 Å². The molecule has 0 spiro atoms. The number of aromatic nitrogens is 2. The van der Waals surface area contributed by atoms with Gasteiger partial charge in [-0.3, -0.25) is 0 Å². The van der Waals surface area contributed by atoms with Crippen LogP contribution in [-0.2, 0) is 0 Å². The van der Waals surface area contributed by atoms with Crippen molar-refractivity contribution in [2.24, 2.45) is 10.9 Å². The van der Waals surface area contributed by atoms with Gasteiger partial charge in [-0.05, 0) is 31.5 Å². The van der Waals surface area contributed by atoms with Gasteiger partial charge in [0.05, 0.1) is 12.4 Å². The van der Waals surface area contributed by atoms with Crippen LogP contribution in [0.5, 0.6) is 0 Å². The van der Waals surface area contributed by atoms with E-state index in [0.29, 0.717) is 11.5 Å². The van der Waals surface area contributed by atoms with Crippen LogP contribution in [0.1, 0.15) is 18.2 Å². The molecule has 0 aliphatic carbocycles. The van der Waals surface area contributed by atoms with Gasteiger partial charge < -0.3 is 15.8 Å². The van der Waals surface area contributed by atoms with Crippen molar-refractivity contribution in [3.05, 3.63) is 47.9 Å². The smallest absolute Gasteiger partial charge is 0.190 e. The highest BCUT2D eigenvalue weighted by atomic mass is 16.4. The molecule has 0 saturated heterocycles. The van der Waals surface area contributed by atoms with Crippen LogP contribution >= 0.6 is 0 Å². The van der Waals surface area contributed by atoms with E-state index in [0.717, 1.165) is 12.2 Å². The minimum absolute atomic E-state index is 0.0531. The first-order valence-electron chi connectivity index (χ1n) is 6.30. The number of nitrogens with two attached hydrogens (primary N) is 1. The Morgan fingerprint density at radius 2 is 2.15 bits per heavy atom. The van der Waals surface area contributed by atoms with Crippen molar-refractivity contribution in [3.8, 4) is 0 Å². The normalized spacial score (nSPS) is 11.4. The van der Waals surface area contributed by atoms with E-state index in [1.807, 2.05) is 36.9 Å². The molecule has 0 amide bonds. The second-order valence-electron chi connectivity index (χ2n) is 4.33. The topological polar surface area (TPSA) is 87.6 Å². The molecule has 6 nitrogen and oxygen atoms in total. The van der Waals surface area contributed by atoms with Crippen molar-refractivity contribution < 1.29 is 5.21 Å². The molecule has 0 radical (unpaired) electrons. The summed E-state index contributed by atoms with van der Waals surface area (Å²) in [6.45, 7) is 4.85. The summed E-state index contributed by atoms with van der Waals surface area (Å²) in [6, 6.07) is 8.16. The fourth-order valence-corrected chi connectivity index (χ4v) is 1.92. The van der Waals surface area contributed by atoms with E-state index in [1.165, 1.54) is 11.8 Å². The van der Waals surface area contributed by atoms with Crippen LogP contribution < -0.4 is 10.6 Å². The van der Waals surface area contributed by atoms with Gasteiger partial charge in [-0.15, -0.1) is 0 Å². The number of rotatable bonds is 4. The highest BCUT2D eigenvalue weighted by molar-refractivity contribution is 5.94. The van der Waals surface area contributed by atoms with Crippen LogP contribution in [0, 0.1) is 6.92 Å². The Morgan fingerprint density at radius 3 is 2.70 bits per heavy atom. The van der Waals surface area contributed by atoms with Crippen LogP contribution in [0.4, 0.5) is 11.5 Å². The summed E-state index contributed by atoms with van der Waals surface area (Å²) in [4.78, 5) is 10.5. The highest BCUT2D eigenvalue weighted by Crippen LogP contribution is 2.23. The molecule has 3 N–H and O–H groups in total. The Bertz CT molecular complexity index is 609.